The van der Waals surface area contributed by atoms with Crippen LogP contribution in [0.25, 0.3) is 0 Å². The number of hydrogen-bond donors (Lipinski definition) is 3. The van der Waals surface area contributed by atoms with E-state index in [1.54, 1.807) is 6.92 Å². The van der Waals surface area contributed by atoms with Crippen molar-refractivity contribution >= 4 is 36.3 Å². The first-order valence-corrected chi connectivity index (χ1v) is 7.73. The zero-order valence-electron chi connectivity index (χ0n) is 13.1. The van der Waals surface area contributed by atoms with E-state index in [0.29, 0.717) is 5.75 Å². The summed E-state index contributed by atoms with van der Waals surface area (Å²) in [6.07, 6.45) is 2.79. The Kier molecular flexibility index (Phi) is 7.60. The van der Waals surface area contributed by atoms with Crippen molar-refractivity contribution < 1.29 is 23.9 Å². The van der Waals surface area contributed by atoms with E-state index in [2.05, 4.69) is 23.3 Å². The maximum absolute atomic E-state index is 12.0. The second-order valence-electron chi connectivity index (χ2n) is 5.21. The molecule has 0 aromatic heterocycles. The van der Waals surface area contributed by atoms with Gasteiger partial charge in [0.05, 0.1) is 18.5 Å². The fraction of sp³-hybridized carbons (Fsp3) is 0.571. The number of thiol groups is 1. The summed E-state index contributed by atoms with van der Waals surface area (Å²) in [6.45, 7) is 1.01. The molecule has 1 aliphatic rings. The molecule has 0 fully saturated rings. The number of likely N-dealkylation sites (N-methyl/N-ethyl adjacent to an activating group) is 1. The SMILES string of the molecule is CC1COC(=O)CNC(=O)CN(C)C(=O)/C=C\C(CS)NC1=O. The van der Waals surface area contributed by atoms with Crippen molar-refractivity contribution in [2.45, 2.75) is 13.0 Å². The molecule has 0 aromatic carbocycles. The predicted octanol–water partition coefficient (Wildman–Crippen LogP) is -1.28. The van der Waals surface area contributed by atoms with Crippen LogP contribution in [0.5, 0.6) is 0 Å². The summed E-state index contributed by atoms with van der Waals surface area (Å²) < 4.78 is 4.93. The second-order valence-corrected chi connectivity index (χ2v) is 5.58. The lowest BCUT2D eigenvalue weighted by molar-refractivity contribution is -0.146. The van der Waals surface area contributed by atoms with Gasteiger partial charge in [0.1, 0.15) is 13.2 Å². The van der Waals surface area contributed by atoms with Crippen LogP contribution in [-0.4, -0.2) is 67.1 Å². The zero-order chi connectivity index (χ0) is 17.4. The third kappa shape index (κ3) is 6.72. The number of nitrogens with zero attached hydrogens (tertiary/aromatic N) is 1. The highest BCUT2D eigenvalue weighted by molar-refractivity contribution is 7.80. The Morgan fingerprint density at radius 3 is 2.70 bits per heavy atom. The van der Waals surface area contributed by atoms with Crippen LogP contribution in [0.1, 0.15) is 6.92 Å². The van der Waals surface area contributed by atoms with E-state index in [4.69, 9.17) is 4.74 Å². The van der Waals surface area contributed by atoms with Crippen molar-refractivity contribution in [1.82, 2.24) is 15.5 Å². The Labute approximate surface area is 140 Å². The van der Waals surface area contributed by atoms with Gasteiger partial charge in [-0.3, -0.25) is 19.2 Å². The third-order valence-corrected chi connectivity index (χ3v) is 3.52. The molecule has 1 heterocycles. The molecule has 23 heavy (non-hydrogen) atoms. The number of rotatable bonds is 1. The van der Waals surface area contributed by atoms with E-state index in [1.165, 1.54) is 24.1 Å². The molecule has 1 aliphatic heterocycles. The van der Waals surface area contributed by atoms with Crippen molar-refractivity contribution in [2.75, 3.05) is 32.5 Å². The van der Waals surface area contributed by atoms with Gasteiger partial charge >= 0.3 is 5.97 Å². The number of hydrogen-bond acceptors (Lipinski definition) is 6. The van der Waals surface area contributed by atoms with Crippen molar-refractivity contribution in [1.29, 1.82) is 0 Å². The summed E-state index contributed by atoms with van der Waals surface area (Å²) in [5.41, 5.74) is 0. The number of esters is 1. The average Bonchev–Trinajstić information content (AvgIpc) is 2.52. The lowest BCUT2D eigenvalue weighted by Gasteiger charge is -2.17. The van der Waals surface area contributed by atoms with Crippen LogP contribution in [0.3, 0.4) is 0 Å². The standard InChI is InChI=1S/C14H21N3O5S/c1-9-7-22-13(20)5-15-11(18)6-17(2)12(19)4-3-10(8-23)16-14(9)21/h3-4,9-10,23H,5-8H2,1-2H3,(H,15,18)(H,16,21)/b4-3-. The lowest BCUT2D eigenvalue weighted by Crippen LogP contribution is -2.40. The maximum Gasteiger partial charge on any atom is 0.325 e. The second kappa shape index (κ2) is 9.19. The Morgan fingerprint density at radius 2 is 2.04 bits per heavy atom. The van der Waals surface area contributed by atoms with Gasteiger partial charge in [0.15, 0.2) is 0 Å². The van der Waals surface area contributed by atoms with Crippen LogP contribution in [-0.2, 0) is 23.9 Å². The molecular weight excluding hydrogens is 322 g/mol. The molecular formula is C14H21N3O5S. The highest BCUT2D eigenvalue weighted by Crippen LogP contribution is 2.01. The first-order chi connectivity index (χ1) is 10.8. The predicted molar refractivity (Wildman–Crippen MR) is 85.7 cm³/mol. The van der Waals surface area contributed by atoms with E-state index >= 15 is 0 Å². The summed E-state index contributed by atoms with van der Waals surface area (Å²) in [6, 6.07) is -0.444. The van der Waals surface area contributed by atoms with Crippen LogP contribution in [0.15, 0.2) is 12.2 Å². The molecule has 128 valence electrons. The number of carbonyl (C=O) groups excluding carboxylic acids is 4. The van der Waals surface area contributed by atoms with Gasteiger partial charge in [-0.1, -0.05) is 13.0 Å². The van der Waals surface area contributed by atoms with Crippen LogP contribution < -0.4 is 10.6 Å². The largest absolute Gasteiger partial charge is 0.464 e. The molecule has 8 nitrogen and oxygen atoms in total. The quantitative estimate of drug-likeness (QED) is 0.407. The van der Waals surface area contributed by atoms with Gasteiger partial charge in [0.2, 0.25) is 17.7 Å². The van der Waals surface area contributed by atoms with Crippen molar-refractivity contribution in [3.63, 3.8) is 0 Å². The summed E-state index contributed by atoms with van der Waals surface area (Å²) in [7, 11) is 1.46. The van der Waals surface area contributed by atoms with Gasteiger partial charge in [0, 0.05) is 18.9 Å². The third-order valence-electron chi connectivity index (χ3n) is 3.12. The minimum absolute atomic E-state index is 0.0949. The van der Waals surface area contributed by atoms with Gasteiger partial charge in [-0.25, -0.2) is 0 Å². The van der Waals surface area contributed by atoms with Crippen LogP contribution >= 0.6 is 12.6 Å². The van der Waals surface area contributed by atoms with E-state index in [1.807, 2.05) is 0 Å². The molecule has 9 heteroatoms. The molecule has 0 saturated heterocycles. The highest BCUT2D eigenvalue weighted by Gasteiger charge is 2.19. The highest BCUT2D eigenvalue weighted by atomic mass is 32.1. The Morgan fingerprint density at radius 1 is 1.35 bits per heavy atom. The van der Waals surface area contributed by atoms with E-state index < -0.39 is 29.7 Å². The Balaban J connectivity index is 2.87. The Hall–Kier alpha value is -2.03. The molecule has 2 atom stereocenters. The van der Waals surface area contributed by atoms with Gasteiger partial charge in [-0.2, -0.15) is 12.6 Å². The zero-order valence-corrected chi connectivity index (χ0v) is 14.0. The fourth-order valence-electron chi connectivity index (χ4n) is 1.67. The normalized spacial score (nSPS) is 26.5. The minimum Gasteiger partial charge on any atom is -0.464 e. The van der Waals surface area contributed by atoms with Crippen LogP contribution in [0.2, 0.25) is 0 Å². The smallest absolute Gasteiger partial charge is 0.325 e. The number of cyclic esters (lactones) is 1. The molecule has 0 aliphatic carbocycles. The van der Waals surface area contributed by atoms with Crippen LogP contribution in [0, 0.1) is 5.92 Å². The summed E-state index contributed by atoms with van der Waals surface area (Å²) in [4.78, 5) is 48.2. The molecule has 0 aromatic rings. The van der Waals surface area contributed by atoms with Crippen molar-refractivity contribution in [2.24, 2.45) is 5.92 Å². The molecule has 0 saturated carbocycles. The Bertz CT molecular complexity index is 509. The molecule has 2 N–H and O–H groups in total. The monoisotopic (exact) mass is 343 g/mol. The van der Waals surface area contributed by atoms with Crippen molar-refractivity contribution in [3.05, 3.63) is 12.2 Å². The lowest BCUT2D eigenvalue weighted by atomic mass is 10.1. The van der Waals surface area contributed by atoms with E-state index in [0.717, 1.165) is 0 Å². The van der Waals surface area contributed by atoms with Gasteiger partial charge in [-0.15, -0.1) is 0 Å². The van der Waals surface area contributed by atoms with Crippen molar-refractivity contribution in [3.8, 4) is 0 Å². The number of nitrogens with one attached hydrogen (secondary N) is 2. The minimum atomic E-state index is -0.647. The molecule has 3 amide bonds. The van der Waals surface area contributed by atoms with Gasteiger partial charge < -0.3 is 20.3 Å². The number of amides is 3. The fourth-order valence-corrected chi connectivity index (χ4v) is 1.88. The average molecular weight is 343 g/mol. The van der Waals surface area contributed by atoms with Crippen LogP contribution in [0.4, 0.5) is 0 Å². The molecule has 0 radical (unpaired) electrons. The van der Waals surface area contributed by atoms with Gasteiger partial charge in [-0.05, 0) is 0 Å². The summed E-state index contributed by atoms with van der Waals surface area (Å²) in [5.74, 6) is -2.10. The van der Waals surface area contributed by atoms with E-state index in [-0.39, 0.29) is 25.6 Å². The number of carbonyl (C=O) groups is 4. The topological polar surface area (TPSA) is 105 Å². The maximum atomic E-state index is 12.0. The number of ether oxygens (including phenoxy) is 1. The molecule has 2 unspecified atom stereocenters. The van der Waals surface area contributed by atoms with E-state index in [9.17, 15) is 19.2 Å². The molecule has 0 spiro atoms. The van der Waals surface area contributed by atoms with Gasteiger partial charge in [0.25, 0.3) is 0 Å². The first kappa shape index (κ1) is 19.0. The summed E-state index contributed by atoms with van der Waals surface area (Å²) >= 11 is 4.12. The first-order valence-electron chi connectivity index (χ1n) is 7.10. The molecule has 1 rings (SSSR count). The molecule has 0 bridgehead atoms. The summed E-state index contributed by atoms with van der Waals surface area (Å²) in [5, 5.41) is 5.05.